The zero-order valence-corrected chi connectivity index (χ0v) is 13.5. The summed E-state index contributed by atoms with van der Waals surface area (Å²) in [5.41, 5.74) is 0. The molecule has 0 radical (unpaired) electrons. The second kappa shape index (κ2) is 5.71. The zero-order chi connectivity index (χ0) is 15.1. The fraction of sp³-hybridized carbons (Fsp3) is 0.778. The molecule has 4 fully saturated rings. The summed E-state index contributed by atoms with van der Waals surface area (Å²) in [5.74, 6) is 4.51. The Morgan fingerprint density at radius 2 is 1.91 bits per heavy atom. The first kappa shape index (κ1) is 14.3. The molecule has 4 aliphatic carbocycles. The number of aryl methyl sites for hydroxylation is 1. The number of unbranched alkanes of at least 4 members (excludes halogenated alkanes) is 1. The molecule has 1 amide bonds. The maximum Gasteiger partial charge on any atom is 0.229 e. The van der Waals surface area contributed by atoms with Crippen LogP contribution in [0.25, 0.3) is 0 Å². The topological polar surface area (TPSA) is 46.9 Å². The number of nitrogens with one attached hydrogen (secondary N) is 1. The molecule has 0 aromatic carbocycles. The number of hydrogen-bond donors (Lipinski definition) is 1. The number of aromatic nitrogens is 2. The predicted molar refractivity (Wildman–Crippen MR) is 86.3 cm³/mol. The minimum absolute atomic E-state index is 0.252. The molecule has 4 nitrogen and oxygen atoms in total. The van der Waals surface area contributed by atoms with Crippen molar-refractivity contribution in [2.75, 3.05) is 5.32 Å². The number of rotatable bonds is 5. The number of anilines is 1. The van der Waals surface area contributed by atoms with E-state index in [4.69, 9.17) is 0 Å². The lowest BCUT2D eigenvalue weighted by molar-refractivity contribution is -0.132. The highest BCUT2D eigenvalue weighted by Gasteiger charge is 2.50. The number of carbonyl (C=O) groups is 1. The molecular formula is C18H27N3O. The van der Waals surface area contributed by atoms with Gasteiger partial charge in [0.2, 0.25) is 5.91 Å². The summed E-state index contributed by atoms with van der Waals surface area (Å²) in [6, 6.07) is 1.93. The van der Waals surface area contributed by atoms with Crippen LogP contribution < -0.4 is 5.32 Å². The van der Waals surface area contributed by atoms with E-state index in [1.54, 1.807) is 6.20 Å². The molecule has 0 unspecified atom stereocenters. The minimum Gasteiger partial charge on any atom is -0.311 e. The van der Waals surface area contributed by atoms with Crippen molar-refractivity contribution < 1.29 is 4.79 Å². The molecular weight excluding hydrogens is 274 g/mol. The van der Waals surface area contributed by atoms with Gasteiger partial charge in [-0.05, 0) is 62.2 Å². The van der Waals surface area contributed by atoms with Crippen molar-refractivity contribution in [3.8, 4) is 0 Å². The molecule has 0 saturated heterocycles. The van der Waals surface area contributed by atoms with Gasteiger partial charge >= 0.3 is 0 Å². The van der Waals surface area contributed by atoms with Crippen LogP contribution in [0.15, 0.2) is 12.3 Å². The highest BCUT2D eigenvalue weighted by atomic mass is 16.2. The van der Waals surface area contributed by atoms with E-state index in [9.17, 15) is 4.79 Å². The summed E-state index contributed by atoms with van der Waals surface area (Å²) in [6.45, 7) is 3.07. The van der Waals surface area contributed by atoms with E-state index in [1.165, 1.54) is 32.1 Å². The number of amides is 1. The van der Waals surface area contributed by atoms with Crippen LogP contribution in [0, 0.1) is 29.6 Å². The van der Waals surface area contributed by atoms with E-state index < -0.39 is 0 Å². The first-order valence-electron chi connectivity index (χ1n) is 9.07. The van der Waals surface area contributed by atoms with Gasteiger partial charge in [-0.3, -0.25) is 4.79 Å². The van der Waals surface area contributed by atoms with E-state index in [-0.39, 0.29) is 11.8 Å². The van der Waals surface area contributed by atoms with Crippen LogP contribution in [0.4, 0.5) is 5.82 Å². The standard InChI is InChI=1S/C18H27N3O/c1-2-3-6-21-16(4-5-19-21)20-18(22)17-14-8-12-7-13(10-14)11-15(17)9-12/h4-5,12-15,17H,2-3,6-11H2,1H3,(H,20,22). The Balaban J connectivity index is 1.45. The van der Waals surface area contributed by atoms with Crippen molar-refractivity contribution in [1.29, 1.82) is 0 Å². The Morgan fingerprint density at radius 3 is 2.55 bits per heavy atom. The van der Waals surface area contributed by atoms with Gasteiger partial charge in [-0.25, -0.2) is 4.68 Å². The number of hydrogen-bond acceptors (Lipinski definition) is 2. The second-order valence-corrected chi connectivity index (χ2v) is 7.74. The lowest BCUT2D eigenvalue weighted by atomic mass is 9.51. The van der Waals surface area contributed by atoms with Crippen LogP contribution in [-0.2, 0) is 11.3 Å². The molecule has 4 heteroatoms. The van der Waals surface area contributed by atoms with Crippen molar-refractivity contribution in [3.05, 3.63) is 12.3 Å². The summed E-state index contributed by atoms with van der Waals surface area (Å²) in [5, 5.41) is 7.53. The summed E-state index contributed by atoms with van der Waals surface area (Å²) in [7, 11) is 0. The van der Waals surface area contributed by atoms with Crippen molar-refractivity contribution in [3.63, 3.8) is 0 Å². The van der Waals surface area contributed by atoms with Gasteiger partial charge in [-0.1, -0.05) is 13.3 Å². The Bertz CT molecular complexity index is 522. The molecule has 4 aliphatic rings. The molecule has 22 heavy (non-hydrogen) atoms. The van der Waals surface area contributed by atoms with Crippen LogP contribution >= 0.6 is 0 Å². The van der Waals surface area contributed by atoms with Gasteiger partial charge in [0.25, 0.3) is 0 Å². The van der Waals surface area contributed by atoms with Crippen LogP contribution in [0.3, 0.4) is 0 Å². The van der Waals surface area contributed by atoms with Crippen molar-refractivity contribution in [1.82, 2.24) is 9.78 Å². The minimum atomic E-state index is 0.252. The Morgan fingerprint density at radius 1 is 1.23 bits per heavy atom. The van der Waals surface area contributed by atoms with Crippen LogP contribution in [0.1, 0.15) is 51.9 Å². The predicted octanol–water partition coefficient (Wildman–Crippen LogP) is 3.69. The van der Waals surface area contributed by atoms with E-state index in [1.807, 2.05) is 10.7 Å². The van der Waals surface area contributed by atoms with E-state index in [2.05, 4.69) is 17.3 Å². The molecule has 5 rings (SSSR count). The third kappa shape index (κ3) is 2.46. The van der Waals surface area contributed by atoms with Crippen molar-refractivity contribution in [2.24, 2.45) is 29.6 Å². The molecule has 1 heterocycles. The van der Waals surface area contributed by atoms with Crippen molar-refractivity contribution in [2.45, 2.75) is 58.4 Å². The fourth-order valence-corrected chi connectivity index (χ4v) is 5.49. The number of carbonyl (C=O) groups excluding carboxylic acids is 1. The second-order valence-electron chi connectivity index (χ2n) is 7.74. The van der Waals surface area contributed by atoms with E-state index >= 15 is 0 Å². The molecule has 0 aliphatic heterocycles. The zero-order valence-electron chi connectivity index (χ0n) is 13.5. The normalized spacial score (nSPS) is 35.8. The first-order chi connectivity index (χ1) is 10.7. The molecule has 0 atom stereocenters. The molecule has 1 N–H and O–H groups in total. The fourth-order valence-electron chi connectivity index (χ4n) is 5.49. The molecule has 4 bridgehead atoms. The monoisotopic (exact) mass is 301 g/mol. The summed E-state index contributed by atoms with van der Waals surface area (Å²) in [4.78, 5) is 12.9. The Kier molecular flexibility index (Phi) is 3.71. The van der Waals surface area contributed by atoms with Gasteiger partial charge in [0, 0.05) is 18.5 Å². The van der Waals surface area contributed by atoms with Crippen LogP contribution in [0.5, 0.6) is 0 Å². The van der Waals surface area contributed by atoms with E-state index in [0.717, 1.165) is 37.0 Å². The average molecular weight is 301 g/mol. The third-order valence-electron chi connectivity index (χ3n) is 6.22. The van der Waals surface area contributed by atoms with Gasteiger partial charge in [0.05, 0.1) is 6.20 Å². The molecule has 1 aromatic heterocycles. The summed E-state index contributed by atoms with van der Waals surface area (Å²) in [6.07, 6.45) is 10.6. The van der Waals surface area contributed by atoms with Gasteiger partial charge in [-0.15, -0.1) is 0 Å². The Labute approximate surface area is 132 Å². The molecule has 1 aromatic rings. The van der Waals surface area contributed by atoms with Crippen LogP contribution in [-0.4, -0.2) is 15.7 Å². The average Bonchev–Trinajstić information content (AvgIpc) is 2.91. The van der Waals surface area contributed by atoms with Crippen LogP contribution in [0.2, 0.25) is 0 Å². The molecule has 4 saturated carbocycles. The van der Waals surface area contributed by atoms with Gasteiger partial charge in [0.1, 0.15) is 5.82 Å². The highest BCUT2D eigenvalue weighted by Crippen LogP contribution is 2.56. The SMILES string of the molecule is CCCCn1nccc1NC(=O)C1C2CC3CC(C2)CC1C3. The smallest absolute Gasteiger partial charge is 0.229 e. The number of nitrogens with zero attached hydrogens (tertiary/aromatic N) is 2. The summed E-state index contributed by atoms with van der Waals surface area (Å²) >= 11 is 0. The molecule has 120 valence electrons. The summed E-state index contributed by atoms with van der Waals surface area (Å²) < 4.78 is 1.94. The van der Waals surface area contributed by atoms with Crippen molar-refractivity contribution >= 4 is 11.7 Å². The largest absolute Gasteiger partial charge is 0.311 e. The van der Waals surface area contributed by atoms with Gasteiger partial charge in [-0.2, -0.15) is 5.10 Å². The first-order valence-corrected chi connectivity index (χ1v) is 9.07. The lowest BCUT2D eigenvalue weighted by Gasteiger charge is -2.53. The lowest BCUT2D eigenvalue weighted by Crippen LogP contribution is -2.49. The Hall–Kier alpha value is -1.32. The van der Waals surface area contributed by atoms with Gasteiger partial charge < -0.3 is 5.32 Å². The third-order valence-corrected chi connectivity index (χ3v) is 6.22. The highest BCUT2D eigenvalue weighted by molar-refractivity contribution is 5.92. The van der Waals surface area contributed by atoms with Gasteiger partial charge in [0.15, 0.2) is 0 Å². The quantitative estimate of drug-likeness (QED) is 0.901. The maximum absolute atomic E-state index is 12.9. The van der Waals surface area contributed by atoms with E-state index in [0.29, 0.717) is 11.8 Å². The molecule has 0 spiro atoms. The maximum atomic E-state index is 12.9.